The molecule has 1 aliphatic rings. The lowest BCUT2D eigenvalue weighted by atomic mass is 10.1. The monoisotopic (exact) mass is 472 g/mol. The Labute approximate surface area is 197 Å². The lowest BCUT2D eigenvalue weighted by Gasteiger charge is -2.29. The van der Waals surface area contributed by atoms with Crippen molar-refractivity contribution < 1.29 is 18.7 Å². The number of thiophene rings is 1. The number of hydrogen-bond donors (Lipinski definition) is 0. The maximum absolute atomic E-state index is 13.5. The van der Waals surface area contributed by atoms with E-state index in [2.05, 4.69) is 16.7 Å². The Bertz CT molecular complexity index is 1130. The molecule has 0 saturated carbocycles. The van der Waals surface area contributed by atoms with Crippen LogP contribution in [0.15, 0.2) is 24.3 Å². The molecule has 33 heavy (non-hydrogen) atoms. The van der Waals surface area contributed by atoms with E-state index < -0.39 is 0 Å². The van der Waals surface area contributed by atoms with Gasteiger partial charge < -0.3 is 14.4 Å². The Morgan fingerprint density at radius 2 is 1.97 bits per heavy atom. The third-order valence-corrected chi connectivity index (χ3v) is 7.18. The number of anilines is 1. The summed E-state index contributed by atoms with van der Waals surface area (Å²) in [6.45, 7) is 9.73. The largest absolute Gasteiger partial charge is 0.462 e. The van der Waals surface area contributed by atoms with Gasteiger partial charge in [-0.2, -0.15) is 0 Å². The number of ether oxygens (including phenoxy) is 2. The molecule has 1 aromatic carbocycles. The Balaban J connectivity index is 1.78. The normalized spacial score (nSPS) is 15.5. The first-order valence-electron chi connectivity index (χ1n) is 11.1. The molecule has 1 fully saturated rings. The van der Waals surface area contributed by atoms with Crippen LogP contribution >= 0.6 is 11.3 Å². The van der Waals surface area contributed by atoms with Crippen molar-refractivity contribution in [1.82, 2.24) is 14.9 Å². The predicted octanol–water partition coefficient (Wildman–Crippen LogP) is 4.35. The number of hydrogen-bond acceptors (Lipinski definition) is 8. The average molecular weight is 473 g/mol. The first kappa shape index (κ1) is 23.5. The van der Waals surface area contributed by atoms with Gasteiger partial charge in [-0.05, 0) is 44.0 Å². The van der Waals surface area contributed by atoms with Gasteiger partial charge in [0.2, 0.25) is 0 Å². The lowest BCUT2D eigenvalue weighted by molar-refractivity contribution is 0.0331. The minimum absolute atomic E-state index is 0.0646. The maximum atomic E-state index is 13.5. The van der Waals surface area contributed by atoms with Gasteiger partial charge in [-0.1, -0.05) is 12.1 Å². The van der Waals surface area contributed by atoms with E-state index in [0.717, 1.165) is 40.3 Å². The van der Waals surface area contributed by atoms with Crippen molar-refractivity contribution >= 4 is 33.3 Å². The Kier molecular flexibility index (Phi) is 7.21. The van der Waals surface area contributed by atoms with Gasteiger partial charge in [-0.25, -0.2) is 19.2 Å². The lowest BCUT2D eigenvalue weighted by Crippen LogP contribution is -2.36. The third kappa shape index (κ3) is 5.00. The van der Waals surface area contributed by atoms with Crippen LogP contribution in [-0.2, 0) is 16.0 Å². The SMILES string of the molecule is CCOC(=O)c1sc2nc(CN3CCOCC3)nc(N(C)[C@@H](C)c3ccc(F)cc3)c2c1C. The summed E-state index contributed by atoms with van der Waals surface area (Å²) in [5.41, 5.74) is 1.79. The van der Waals surface area contributed by atoms with Crippen molar-refractivity contribution in [2.24, 2.45) is 0 Å². The van der Waals surface area contributed by atoms with E-state index in [-0.39, 0.29) is 17.8 Å². The van der Waals surface area contributed by atoms with E-state index in [1.807, 2.05) is 14.0 Å². The average Bonchev–Trinajstić information content (AvgIpc) is 3.15. The molecule has 0 radical (unpaired) electrons. The van der Waals surface area contributed by atoms with Crippen LogP contribution in [-0.4, -0.2) is 60.8 Å². The van der Waals surface area contributed by atoms with Crippen LogP contribution in [0.5, 0.6) is 0 Å². The number of morpholine rings is 1. The molecule has 176 valence electrons. The Hall–Kier alpha value is -2.62. The van der Waals surface area contributed by atoms with Crippen LogP contribution in [0.25, 0.3) is 10.2 Å². The third-order valence-electron chi connectivity index (χ3n) is 6.01. The number of nitrogens with zero attached hydrogens (tertiary/aromatic N) is 4. The fourth-order valence-corrected chi connectivity index (χ4v) is 5.07. The molecule has 0 N–H and O–H groups in total. The number of aromatic nitrogens is 2. The molecular weight excluding hydrogens is 443 g/mol. The molecule has 1 saturated heterocycles. The van der Waals surface area contributed by atoms with Crippen molar-refractivity contribution in [1.29, 1.82) is 0 Å². The predicted molar refractivity (Wildman–Crippen MR) is 127 cm³/mol. The summed E-state index contributed by atoms with van der Waals surface area (Å²) >= 11 is 1.34. The minimum Gasteiger partial charge on any atom is -0.462 e. The summed E-state index contributed by atoms with van der Waals surface area (Å²) in [5, 5.41) is 0.852. The molecule has 7 nitrogen and oxygen atoms in total. The fourth-order valence-electron chi connectivity index (χ4n) is 3.99. The molecular formula is C24H29FN4O3S. The fraction of sp³-hybridized carbons (Fsp3) is 0.458. The van der Waals surface area contributed by atoms with Gasteiger partial charge in [0.05, 0.1) is 37.8 Å². The van der Waals surface area contributed by atoms with Crippen molar-refractivity contribution in [2.45, 2.75) is 33.4 Å². The smallest absolute Gasteiger partial charge is 0.348 e. The van der Waals surface area contributed by atoms with E-state index in [1.54, 1.807) is 19.1 Å². The summed E-state index contributed by atoms with van der Waals surface area (Å²) in [6, 6.07) is 6.44. The summed E-state index contributed by atoms with van der Waals surface area (Å²) in [7, 11) is 1.97. The molecule has 9 heteroatoms. The van der Waals surface area contributed by atoms with Gasteiger partial charge in [0.1, 0.15) is 27.2 Å². The van der Waals surface area contributed by atoms with Gasteiger partial charge in [-0.3, -0.25) is 4.90 Å². The van der Waals surface area contributed by atoms with Crippen LogP contribution in [0.1, 0.15) is 46.5 Å². The number of halogens is 1. The molecule has 0 amide bonds. The number of fused-ring (bicyclic) bond motifs is 1. The zero-order valence-corrected chi connectivity index (χ0v) is 20.2. The van der Waals surface area contributed by atoms with E-state index in [4.69, 9.17) is 19.4 Å². The Morgan fingerprint density at radius 3 is 2.64 bits per heavy atom. The quantitative estimate of drug-likeness (QED) is 0.474. The highest BCUT2D eigenvalue weighted by Gasteiger charge is 2.25. The van der Waals surface area contributed by atoms with Crippen molar-refractivity contribution in [3.05, 3.63) is 51.9 Å². The zero-order valence-electron chi connectivity index (χ0n) is 19.4. The highest BCUT2D eigenvalue weighted by atomic mass is 32.1. The number of esters is 1. The molecule has 0 spiro atoms. The van der Waals surface area contributed by atoms with Gasteiger partial charge in [0.15, 0.2) is 0 Å². The van der Waals surface area contributed by atoms with Crippen LogP contribution in [0, 0.1) is 12.7 Å². The molecule has 2 aromatic heterocycles. The van der Waals surface area contributed by atoms with Crippen LogP contribution in [0.4, 0.5) is 10.2 Å². The first-order valence-corrected chi connectivity index (χ1v) is 12.0. The summed E-state index contributed by atoms with van der Waals surface area (Å²) in [4.78, 5) is 28.0. The van der Waals surface area contributed by atoms with E-state index in [9.17, 15) is 9.18 Å². The number of benzene rings is 1. The molecule has 0 aliphatic carbocycles. The summed E-state index contributed by atoms with van der Waals surface area (Å²) < 4.78 is 24.2. The number of carbonyl (C=O) groups excluding carboxylic acids is 1. The molecule has 3 heterocycles. The second-order valence-electron chi connectivity index (χ2n) is 8.15. The van der Waals surface area contributed by atoms with Crippen LogP contribution in [0.3, 0.4) is 0 Å². The van der Waals surface area contributed by atoms with Crippen molar-refractivity contribution in [3.63, 3.8) is 0 Å². The topological polar surface area (TPSA) is 67.8 Å². The maximum Gasteiger partial charge on any atom is 0.348 e. The van der Waals surface area contributed by atoms with Crippen LogP contribution < -0.4 is 4.90 Å². The first-order chi connectivity index (χ1) is 15.9. The van der Waals surface area contributed by atoms with E-state index >= 15 is 0 Å². The number of carbonyl (C=O) groups is 1. The molecule has 0 bridgehead atoms. The molecule has 3 aromatic rings. The molecule has 1 atom stereocenters. The Morgan fingerprint density at radius 1 is 1.27 bits per heavy atom. The van der Waals surface area contributed by atoms with Crippen molar-refractivity contribution in [3.8, 4) is 0 Å². The highest BCUT2D eigenvalue weighted by molar-refractivity contribution is 7.20. The zero-order chi connectivity index (χ0) is 23.5. The summed E-state index contributed by atoms with van der Waals surface area (Å²) in [5.74, 6) is 0.852. The number of aryl methyl sites for hydroxylation is 1. The van der Waals surface area contributed by atoms with Gasteiger partial charge in [-0.15, -0.1) is 11.3 Å². The van der Waals surface area contributed by atoms with Gasteiger partial charge >= 0.3 is 5.97 Å². The standard InChI is InChI=1S/C24H29FN4O3S/c1-5-32-24(30)21-15(2)20-22(28(4)16(3)17-6-8-18(25)9-7-17)26-19(27-23(20)33-21)14-29-10-12-31-13-11-29/h6-9,16H,5,10-14H2,1-4H3/t16-/m0/s1. The molecule has 4 rings (SSSR count). The highest BCUT2D eigenvalue weighted by Crippen LogP contribution is 2.38. The summed E-state index contributed by atoms with van der Waals surface area (Å²) in [6.07, 6.45) is 0. The van der Waals surface area contributed by atoms with Crippen molar-refractivity contribution in [2.75, 3.05) is 44.9 Å². The van der Waals surface area contributed by atoms with E-state index in [0.29, 0.717) is 37.1 Å². The van der Waals surface area contributed by atoms with Gasteiger partial charge in [0.25, 0.3) is 0 Å². The van der Waals surface area contributed by atoms with Crippen LogP contribution in [0.2, 0.25) is 0 Å². The van der Waals surface area contributed by atoms with E-state index in [1.165, 1.54) is 23.5 Å². The molecule has 0 unspecified atom stereocenters. The number of rotatable bonds is 7. The van der Waals surface area contributed by atoms with Gasteiger partial charge in [0, 0.05) is 20.1 Å². The second kappa shape index (κ2) is 10.1. The minimum atomic E-state index is -0.340. The second-order valence-corrected chi connectivity index (χ2v) is 9.15. The molecule has 1 aliphatic heterocycles.